The number of rotatable bonds is 4. The van der Waals surface area contributed by atoms with Crippen molar-refractivity contribution in [1.82, 2.24) is 9.97 Å². The van der Waals surface area contributed by atoms with Gasteiger partial charge in [-0.05, 0) is 24.8 Å². The van der Waals surface area contributed by atoms with Crippen LogP contribution in [0, 0.1) is 5.92 Å². The molecule has 0 amide bonds. The molecule has 88 valence electrons. The Kier molecular flexibility index (Phi) is 2.99. The molecular weight excluding hydrogens is 230 g/mol. The lowest BCUT2D eigenvalue weighted by Crippen LogP contribution is -2.25. The van der Waals surface area contributed by atoms with Gasteiger partial charge in [0.15, 0.2) is 0 Å². The normalized spacial score (nSPS) is 17.2. The van der Waals surface area contributed by atoms with Gasteiger partial charge >= 0.3 is 0 Å². The van der Waals surface area contributed by atoms with Crippen molar-refractivity contribution in [2.75, 3.05) is 5.75 Å². The fourth-order valence-corrected chi connectivity index (χ4v) is 3.00. The number of hydrogen-bond acceptors (Lipinski definition) is 4. The minimum absolute atomic E-state index is 0.314. The third kappa shape index (κ3) is 2.42. The molecule has 2 N–H and O–H groups in total. The summed E-state index contributed by atoms with van der Waals surface area (Å²) in [6.07, 6.45) is 4.23. The topological polar surface area (TPSA) is 51.8 Å². The van der Waals surface area contributed by atoms with E-state index < -0.39 is 0 Å². The summed E-state index contributed by atoms with van der Waals surface area (Å²) in [4.78, 5) is 8.62. The second kappa shape index (κ2) is 4.63. The van der Waals surface area contributed by atoms with Gasteiger partial charge in [0.05, 0.1) is 5.52 Å². The Morgan fingerprint density at radius 1 is 1.29 bits per heavy atom. The summed E-state index contributed by atoms with van der Waals surface area (Å²) >= 11 is 1.75. The van der Waals surface area contributed by atoms with Gasteiger partial charge in [0.25, 0.3) is 0 Å². The zero-order chi connectivity index (χ0) is 11.7. The molecular formula is C13H15N3S. The first kappa shape index (κ1) is 11.0. The van der Waals surface area contributed by atoms with Gasteiger partial charge in [-0.1, -0.05) is 18.2 Å². The molecule has 1 aromatic carbocycles. The van der Waals surface area contributed by atoms with E-state index >= 15 is 0 Å². The average molecular weight is 245 g/mol. The van der Waals surface area contributed by atoms with E-state index in [1.165, 1.54) is 12.8 Å². The number of nitrogens with two attached hydrogens (primary N) is 1. The van der Waals surface area contributed by atoms with E-state index in [4.69, 9.17) is 5.73 Å². The average Bonchev–Trinajstić information content (AvgIpc) is 3.20. The molecule has 2 aromatic rings. The van der Waals surface area contributed by atoms with Crippen LogP contribution in [0.4, 0.5) is 0 Å². The molecule has 1 saturated carbocycles. The van der Waals surface area contributed by atoms with Crippen molar-refractivity contribution in [2.24, 2.45) is 11.7 Å². The molecule has 17 heavy (non-hydrogen) atoms. The molecule has 0 aliphatic heterocycles. The maximum Gasteiger partial charge on any atom is 0.117 e. The van der Waals surface area contributed by atoms with Crippen molar-refractivity contribution in [2.45, 2.75) is 23.9 Å². The van der Waals surface area contributed by atoms with Crippen LogP contribution < -0.4 is 5.73 Å². The number of thioether (sulfide) groups is 1. The van der Waals surface area contributed by atoms with Gasteiger partial charge in [-0.25, -0.2) is 9.97 Å². The van der Waals surface area contributed by atoms with Gasteiger partial charge < -0.3 is 5.73 Å². The smallest absolute Gasteiger partial charge is 0.117 e. The van der Waals surface area contributed by atoms with Crippen LogP contribution in [-0.2, 0) is 0 Å². The molecule has 1 aliphatic rings. The summed E-state index contributed by atoms with van der Waals surface area (Å²) in [6, 6.07) is 8.42. The Balaban J connectivity index is 1.79. The lowest BCUT2D eigenvalue weighted by Gasteiger charge is -2.09. The van der Waals surface area contributed by atoms with Crippen molar-refractivity contribution in [3.05, 3.63) is 30.6 Å². The van der Waals surface area contributed by atoms with Crippen molar-refractivity contribution < 1.29 is 0 Å². The molecule has 1 aromatic heterocycles. The largest absolute Gasteiger partial charge is 0.327 e. The number of nitrogens with zero attached hydrogens (tertiary/aromatic N) is 2. The summed E-state index contributed by atoms with van der Waals surface area (Å²) in [5.74, 6) is 1.70. The number of aromatic nitrogens is 2. The van der Waals surface area contributed by atoms with Crippen LogP contribution in [0.25, 0.3) is 10.9 Å². The zero-order valence-electron chi connectivity index (χ0n) is 9.54. The highest BCUT2D eigenvalue weighted by Gasteiger charge is 2.28. The maximum atomic E-state index is 6.11. The molecule has 0 spiro atoms. The van der Waals surface area contributed by atoms with Gasteiger partial charge in [-0.3, -0.25) is 0 Å². The molecule has 1 heterocycles. The lowest BCUT2D eigenvalue weighted by molar-refractivity contribution is 0.659. The SMILES string of the molecule is NC(CSc1ncnc2ccccc12)C1CC1. The number of para-hydroxylation sites is 1. The summed E-state index contributed by atoms with van der Waals surface area (Å²) < 4.78 is 0. The summed E-state index contributed by atoms with van der Waals surface area (Å²) in [6.45, 7) is 0. The van der Waals surface area contributed by atoms with E-state index in [2.05, 4.69) is 16.0 Å². The first-order valence-corrected chi connectivity index (χ1v) is 6.91. The van der Waals surface area contributed by atoms with Gasteiger partial charge in [0, 0.05) is 17.2 Å². The van der Waals surface area contributed by atoms with Crippen LogP contribution >= 0.6 is 11.8 Å². The van der Waals surface area contributed by atoms with Crippen LogP contribution in [0.1, 0.15) is 12.8 Å². The van der Waals surface area contributed by atoms with Crippen molar-refractivity contribution >= 4 is 22.7 Å². The first-order chi connectivity index (χ1) is 8.34. The summed E-state index contributed by atoms with van der Waals surface area (Å²) in [5.41, 5.74) is 7.11. The number of hydrogen-bond donors (Lipinski definition) is 1. The van der Waals surface area contributed by atoms with Crippen LogP contribution in [-0.4, -0.2) is 21.8 Å². The maximum absolute atomic E-state index is 6.11. The van der Waals surface area contributed by atoms with Gasteiger partial charge in [0.1, 0.15) is 11.4 Å². The zero-order valence-corrected chi connectivity index (χ0v) is 10.4. The van der Waals surface area contributed by atoms with Gasteiger partial charge in [-0.15, -0.1) is 11.8 Å². The molecule has 1 atom stereocenters. The predicted molar refractivity (Wildman–Crippen MR) is 71.0 cm³/mol. The van der Waals surface area contributed by atoms with E-state index in [-0.39, 0.29) is 0 Å². The minimum Gasteiger partial charge on any atom is -0.327 e. The molecule has 1 fully saturated rings. The molecule has 0 bridgehead atoms. The third-order valence-electron chi connectivity index (χ3n) is 3.15. The predicted octanol–water partition coefficient (Wildman–Crippen LogP) is 2.46. The van der Waals surface area contributed by atoms with Crippen LogP contribution in [0.15, 0.2) is 35.6 Å². The van der Waals surface area contributed by atoms with Crippen LogP contribution in [0.3, 0.4) is 0 Å². The van der Waals surface area contributed by atoms with Crippen molar-refractivity contribution in [3.63, 3.8) is 0 Å². The van der Waals surface area contributed by atoms with Crippen molar-refractivity contribution in [3.8, 4) is 0 Å². The quantitative estimate of drug-likeness (QED) is 0.664. The Morgan fingerprint density at radius 3 is 2.94 bits per heavy atom. The van der Waals surface area contributed by atoms with Gasteiger partial charge in [-0.2, -0.15) is 0 Å². The third-order valence-corrected chi connectivity index (χ3v) is 4.30. The Morgan fingerprint density at radius 2 is 2.12 bits per heavy atom. The molecule has 0 radical (unpaired) electrons. The highest BCUT2D eigenvalue weighted by Crippen LogP contribution is 2.34. The second-order valence-corrected chi connectivity index (χ2v) is 5.52. The van der Waals surface area contributed by atoms with Crippen molar-refractivity contribution in [1.29, 1.82) is 0 Å². The molecule has 1 aliphatic carbocycles. The van der Waals surface area contributed by atoms with E-state index in [0.717, 1.165) is 27.6 Å². The number of benzene rings is 1. The Labute approximate surface area is 105 Å². The van der Waals surface area contributed by atoms with E-state index in [1.54, 1.807) is 18.1 Å². The highest BCUT2D eigenvalue weighted by molar-refractivity contribution is 7.99. The van der Waals surface area contributed by atoms with Gasteiger partial charge in [0.2, 0.25) is 0 Å². The molecule has 4 heteroatoms. The molecule has 0 saturated heterocycles. The van der Waals surface area contributed by atoms with Crippen LogP contribution in [0.5, 0.6) is 0 Å². The second-order valence-electron chi connectivity index (χ2n) is 4.51. The molecule has 3 nitrogen and oxygen atoms in total. The lowest BCUT2D eigenvalue weighted by atomic mass is 10.2. The fourth-order valence-electron chi connectivity index (χ4n) is 1.93. The fraction of sp³-hybridized carbons (Fsp3) is 0.385. The summed E-state index contributed by atoms with van der Waals surface area (Å²) in [5, 5.41) is 2.18. The minimum atomic E-state index is 0.314. The molecule has 3 rings (SSSR count). The van der Waals surface area contributed by atoms with E-state index in [9.17, 15) is 0 Å². The first-order valence-electron chi connectivity index (χ1n) is 5.93. The monoisotopic (exact) mass is 245 g/mol. The number of fused-ring (bicyclic) bond motifs is 1. The standard InChI is InChI=1S/C13H15N3S/c14-11(9-5-6-9)7-17-13-10-3-1-2-4-12(10)15-8-16-13/h1-4,8-9,11H,5-7,14H2. The summed E-state index contributed by atoms with van der Waals surface area (Å²) in [7, 11) is 0. The van der Waals surface area contributed by atoms with Crippen LogP contribution in [0.2, 0.25) is 0 Å². The Bertz CT molecular complexity index is 520. The Hall–Kier alpha value is -1.13. The van der Waals surface area contributed by atoms with E-state index in [1.807, 2.05) is 18.2 Å². The van der Waals surface area contributed by atoms with E-state index in [0.29, 0.717) is 6.04 Å². The highest BCUT2D eigenvalue weighted by atomic mass is 32.2. The molecule has 1 unspecified atom stereocenters.